The Balaban J connectivity index is 1.63. The molecule has 0 aliphatic carbocycles. The molecule has 2 N–H and O–H groups in total. The lowest BCUT2D eigenvalue weighted by Gasteiger charge is -2.38. The molecule has 2 aromatic rings. The summed E-state index contributed by atoms with van der Waals surface area (Å²) in [6.45, 7) is 5.80. The van der Waals surface area contributed by atoms with Crippen LogP contribution in [0.25, 0.3) is 10.9 Å². The van der Waals surface area contributed by atoms with Gasteiger partial charge in [-0.2, -0.15) is 0 Å². The first-order valence-corrected chi connectivity index (χ1v) is 10.2. The van der Waals surface area contributed by atoms with Crippen LogP contribution in [0.3, 0.4) is 0 Å². The van der Waals surface area contributed by atoms with Gasteiger partial charge in [0.15, 0.2) is 0 Å². The highest BCUT2D eigenvalue weighted by molar-refractivity contribution is 5.77. The maximum Gasteiger partial charge on any atom is 0.261 e. The third-order valence-corrected chi connectivity index (χ3v) is 5.70. The van der Waals surface area contributed by atoms with Crippen LogP contribution in [0.1, 0.15) is 44.5 Å². The summed E-state index contributed by atoms with van der Waals surface area (Å²) >= 11 is 0. The number of benzene rings is 1. The molecule has 2 heterocycles. The van der Waals surface area contributed by atoms with Crippen LogP contribution >= 0.6 is 0 Å². The number of carbonyl (C=O) groups is 1. The minimum absolute atomic E-state index is 0.0151. The van der Waals surface area contributed by atoms with E-state index in [0.29, 0.717) is 18.4 Å². The van der Waals surface area contributed by atoms with Crippen LogP contribution in [0.4, 0.5) is 0 Å². The number of hydrogen-bond donors (Lipinski definition) is 1. The molecule has 152 valence electrons. The van der Waals surface area contributed by atoms with Gasteiger partial charge in [-0.3, -0.25) is 19.1 Å². The van der Waals surface area contributed by atoms with E-state index in [0.717, 1.165) is 56.8 Å². The quantitative estimate of drug-likeness (QED) is 0.733. The summed E-state index contributed by atoms with van der Waals surface area (Å²) in [6, 6.07) is 7.48. The second-order valence-corrected chi connectivity index (χ2v) is 7.54. The summed E-state index contributed by atoms with van der Waals surface area (Å²) in [5.74, 6) is 1.01. The monoisotopic (exact) mass is 385 g/mol. The van der Waals surface area contributed by atoms with Gasteiger partial charge in [-0.1, -0.05) is 18.6 Å². The summed E-state index contributed by atoms with van der Waals surface area (Å²) < 4.78 is 1.65. The normalized spacial score (nSPS) is 16.5. The zero-order valence-corrected chi connectivity index (χ0v) is 16.9. The van der Waals surface area contributed by atoms with Crippen LogP contribution in [0.15, 0.2) is 29.1 Å². The highest BCUT2D eigenvalue weighted by Gasteiger charge is 2.26. The van der Waals surface area contributed by atoms with Crippen molar-refractivity contribution in [2.45, 2.75) is 38.6 Å². The number of rotatable bonds is 7. The van der Waals surface area contributed by atoms with Gasteiger partial charge in [-0.05, 0) is 38.4 Å². The van der Waals surface area contributed by atoms with Crippen LogP contribution in [-0.2, 0) is 11.8 Å². The molecule has 1 aliphatic rings. The Bertz CT molecular complexity index is 871. The number of carbonyl (C=O) groups excluding carboxylic acids is 1. The molecule has 3 rings (SSSR count). The average Bonchev–Trinajstić information content (AvgIpc) is 2.73. The van der Waals surface area contributed by atoms with Crippen LogP contribution in [0.2, 0.25) is 0 Å². The zero-order chi connectivity index (χ0) is 20.1. The lowest BCUT2D eigenvalue weighted by atomic mass is 10.1. The molecular formula is C21H31N5O2. The largest absolute Gasteiger partial charge is 0.340 e. The van der Waals surface area contributed by atoms with E-state index in [1.165, 1.54) is 0 Å². The predicted octanol–water partition coefficient (Wildman–Crippen LogP) is 1.66. The van der Waals surface area contributed by atoms with E-state index in [-0.39, 0.29) is 17.5 Å². The Labute approximate surface area is 166 Å². The minimum atomic E-state index is -0.0151. The Morgan fingerprint density at radius 3 is 2.57 bits per heavy atom. The maximum atomic E-state index is 12.7. The molecule has 1 saturated heterocycles. The highest BCUT2D eigenvalue weighted by Crippen LogP contribution is 2.21. The SMILES string of the molecule is CC(c1nc2ccccc2c(=O)n1C)N1CCN(C(=O)CCCCCN)CC1. The van der Waals surface area contributed by atoms with E-state index in [4.69, 9.17) is 10.7 Å². The molecule has 1 atom stereocenters. The number of fused-ring (bicyclic) bond motifs is 1. The van der Waals surface area contributed by atoms with Crippen molar-refractivity contribution in [3.63, 3.8) is 0 Å². The molecule has 1 aliphatic heterocycles. The molecule has 0 spiro atoms. The van der Waals surface area contributed by atoms with Gasteiger partial charge in [0.05, 0.1) is 16.9 Å². The van der Waals surface area contributed by atoms with Crippen molar-refractivity contribution < 1.29 is 4.79 Å². The molecule has 1 aromatic heterocycles. The van der Waals surface area contributed by atoms with Gasteiger partial charge < -0.3 is 10.6 Å². The lowest BCUT2D eigenvalue weighted by Crippen LogP contribution is -2.49. The molecule has 1 amide bonds. The van der Waals surface area contributed by atoms with Gasteiger partial charge >= 0.3 is 0 Å². The van der Waals surface area contributed by atoms with E-state index in [1.807, 2.05) is 29.2 Å². The molecule has 0 bridgehead atoms. The van der Waals surface area contributed by atoms with Crippen LogP contribution < -0.4 is 11.3 Å². The first-order chi connectivity index (χ1) is 13.5. The maximum absolute atomic E-state index is 12.7. The average molecular weight is 386 g/mol. The summed E-state index contributed by atoms with van der Waals surface area (Å²) in [6.07, 6.45) is 3.52. The number of unbranched alkanes of at least 4 members (excludes halogenated alkanes) is 2. The van der Waals surface area contributed by atoms with Crippen molar-refractivity contribution in [2.75, 3.05) is 32.7 Å². The highest BCUT2D eigenvalue weighted by atomic mass is 16.2. The second-order valence-electron chi connectivity index (χ2n) is 7.54. The van der Waals surface area contributed by atoms with Crippen LogP contribution in [0, 0.1) is 0 Å². The number of nitrogens with zero attached hydrogens (tertiary/aromatic N) is 4. The van der Waals surface area contributed by atoms with E-state index in [2.05, 4.69) is 11.8 Å². The first kappa shape index (κ1) is 20.5. The molecule has 1 unspecified atom stereocenters. The molecule has 0 radical (unpaired) electrons. The Kier molecular flexibility index (Phi) is 6.80. The van der Waals surface area contributed by atoms with Gasteiger partial charge in [0, 0.05) is 39.6 Å². The Morgan fingerprint density at radius 2 is 1.86 bits per heavy atom. The molecule has 7 nitrogen and oxygen atoms in total. The Morgan fingerprint density at radius 1 is 1.14 bits per heavy atom. The van der Waals surface area contributed by atoms with Gasteiger partial charge in [-0.15, -0.1) is 0 Å². The van der Waals surface area contributed by atoms with Crippen molar-refractivity contribution in [2.24, 2.45) is 12.8 Å². The Hall–Kier alpha value is -2.25. The lowest BCUT2D eigenvalue weighted by molar-refractivity contribution is -0.133. The van der Waals surface area contributed by atoms with E-state index < -0.39 is 0 Å². The molecule has 1 aromatic carbocycles. The van der Waals surface area contributed by atoms with Crippen molar-refractivity contribution in [1.29, 1.82) is 0 Å². The fourth-order valence-electron chi connectivity index (χ4n) is 3.89. The van der Waals surface area contributed by atoms with E-state index in [9.17, 15) is 9.59 Å². The van der Waals surface area contributed by atoms with Crippen molar-refractivity contribution in [3.05, 3.63) is 40.4 Å². The van der Waals surface area contributed by atoms with E-state index in [1.54, 1.807) is 11.6 Å². The van der Waals surface area contributed by atoms with Crippen LogP contribution in [0.5, 0.6) is 0 Å². The molecular weight excluding hydrogens is 354 g/mol. The predicted molar refractivity (Wildman–Crippen MR) is 111 cm³/mol. The summed E-state index contributed by atoms with van der Waals surface area (Å²) in [4.78, 5) is 34.1. The van der Waals surface area contributed by atoms with Gasteiger partial charge in [-0.25, -0.2) is 4.98 Å². The molecule has 1 fully saturated rings. The first-order valence-electron chi connectivity index (χ1n) is 10.2. The molecule has 0 saturated carbocycles. The second kappa shape index (κ2) is 9.30. The number of para-hydroxylation sites is 1. The number of aromatic nitrogens is 2. The standard InChI is InChI=1S/C21H31N5O2/c1-16(20-23-18-9-6-5-8-17(18)21(28)24(20)2)25-12-14-26(15-13-25)19(27)10-4-3-7-11-22/h5-6,8-9,16H,3-4,7,10-15,22H2,1-2H3. The smallest absolute Gasteiger partial charge is 0.261 e. The zero-order valence-electron chi connectivity index (χ0n) is 16.9. The van der Waals surface area contributed by atoms with Crippen molar-refractivity contribution in [1.82, 2.24) is 19.4 Å². The third kappa shape index (κ3) is 4.42. The van der Waals surface area contributed by atoms with Gasteiger partial charge in [0.2, 0.25) is 5.91 Å². The number of hydrogen-bond acceptors (Lipinski definition) is 5. The molecule has 7 heteroatoms. The fraction of sp³-hybridized carbons (Fsp3) is 0.571. The topological polar surface area (TPSA) is 84.5 Å². The summed E-state index contributed by atoms with van der Waals surface area (Å²) in [5, 5.41) is 0.644. The number of nitrogens with two attached hydrogens (primary N) is 1. The fourth-order valence-corrected chi connectivity index (χ4v) is 3.89. The number of amides is 1. The van der Waals surface area contributed by atoms with Crippen molar-refractivity contribution >= 4 is 16.8 Å². The number of piperazine rings is 1. The minimum Gasteiger partial charge on any atom is -0.340 e. The van der Waals surface area contributed by atoms with E-state index >= 15 is 0 Å². The third-order valence-electron chi connectivity index (χ3n) is 5.70. The van der Waals surface area contributed by atoms with Gasteiger partial charge in [0.1, 0.15) is 5.82 Å². The summed E-state index contributed by atoms with van der Waals surface area (Å²) in [5.41, 5.74) is 6.22. The summed E-state index contributed by atoms with van der Waals surface area (Å²) in [7, 11) is 1.79. The van der Waals surface area contributed by atoms with Crippen LogP contribution in [-0.4, -0.2) is 58.0 Å². The molecule has 28 heavy (non-hydrogen) atoms. The van der Waals surface area contributed by atoms with Gasteiger partial charge in [0.25, 0.3) is 5.56 Å². The van der Waals surface area contributed by atoms with Crippen molar-refractivity contribution in [3.8, 4) is 0 Å².